The van der Waals surface area contributed by atoms with Gasteiger partial charge in [-0.25, -0.2) is 0 Å². The standard InChI is InChI=1S/C21H14Cl2S/c22-16-8-5-15(20(23)13-16)6-9-18-17-4-2-1-3-14(17)7-10-21-19(18)11-12-24-21/h1-6,8,11-13H,7,10H2. The third-order valence-corrected chi connectivity index (χ3v) is 5.80. The Balaban J connectivity index is 1.92. The minimum Gasteiger partial charge on any atom is -0.148 e. The summed E-state index contributed by atoms with van der Waals surface area (Å²) in [5.41, 5.74) is 9.49. The monoisotopic (exact) mass is 368 g/mol. The molecule has 1 heterocycles. The summed E-state index contributed by atoms with van der Waals surface area (Å²) in [6.07, 6.45) is 4.10. The van der Waals surface area contributed by atoms with Gasteiger partial charge in [-0.1, -0.05) is 53.5 Å². The molecule has 0 bridgehead atoms. The third kappa shape index (κ3) is 2.97. The van der Waals surface area contributed by atoms with Gasteiger partial charge in [0.1, 0.15) is 0 Å². The summed E-state index contributed by atoms with van der Waals surface area (Å²) in [6.45, 7) is 0. The van der Waals surface area contributed by atoms with Crippen LogP contribution in [0.5, 0.6) is 0 Å². The van der Waals surface area contributed by atoms with Crippen molar-refractivity contribution in [3.05, 3.63) is 96.8 Å². The molecule has 0 N–H and O–H groups in total. The van der Waals surface area contributed by atoms with Crippen LogP contribution in [0.1, 0.15) is 27.1 Å². The number of benzene rings is 2. The average molecular weight is 369 g/mol. The van der Waals surface area contributed by atoms with Gasteiger partial charge in [-0.15, -0.1) is 17.1 Å². The van der Waals surface area contributed by atoms with Crippen molar-refractivity contribution in [3.8, 4) is 0 Å². The molecule has 24 heavy (non-hydrogen) atoms. The van der Waals surface area contributed by atoms with Crippen LogP contribution in [0.15, 0.2) is 59.6 Å². The van der Waals surface area contributed by atoms with Crippen molar-refractivity contribution in [1.29, 1.82) is 0 Å². The minimum absolute atomic E-state index is 0.642. The van der Waals surface area contributed by atoms with Crippen LogP contribution < -0.4 is 0 Å². The maximum absolute atomic E-state index is 6.30. The molecule has 0 fully saturated rings. The Morgan fingerprint density at radius 2 is 1.83 bits per heavy atom. The first-order valence-electron chi connectivity index (χ1n) is 7.79. The molecule has 1 aromatic heterocycles. The van der Waals surface area contributed by atoms with Gasteiger partial charge in [0.05, 0.1) is 0 Å². The maximum atomic E-state index is 6.30. The van der Waals surface area contributed by atoms with Gasteiger partial charge < -0.3 is 0 Å². The fourth-order valence-corrected chi connectivity index (χ4v) is 4.40. The fraction of sp³-hybridized carbons (Fsp3) is 0.0952. The van der Waals surface area contributed by atoms with Crippen molar-refractivity contribution >= 4 is 46.2 Å². The van der Waals surface area contributed by atoms with E-state index in [4.69, 9.17) is 23.2 Å². The van der Waals surface area contributed by atoms with E-state index in [1.54, 1.807) is 6.07 Å². The van der Waals surface area contributed by atoms with Crippen LogP contribution in [-0.2, 0) is 12.8 Å². The molecule has 0 amide bonds. The van der Waals surface area contributed by atoms with Gasteiger partial charge in [0.2, 0.25) is 0 Å². The molecule has 3 aromatic rings. The molecule has 0 aliphatic heterocycles. The number of rotatable bonds is 1. The minimum atomic E-state index is 0.642. The quantitative estimate of drug-likeness (QED) is 0.409. The largest absolute Gasteiger partial charge is 0.148 e. The second-order valence-electron chi connectivity index (χ2n) is 5.74. The smallest absolute Gasteiger partial charge is 0.0499 e. The topological polar surface area (TPSA) is 0 Å². The Hall–Kier alpha value is -1.76. The van der Waals surface area contributed by atoms with Gasteiger partial charge in [-0.05, 0) is 53.6 Å². The summed E-state index contributed by atoms with van der Waals surface area (Å²) in [6, 6.07) is 16.3. The second-order valence-corrected chi connectivity index (χ2v) is 7.59. The highest BCUT2D eigenvalue weighted by Crippen LogP contribution is 2.35. The van der Waals surface area contributed by atoms with Crippen LogP contribution in [0, 0.1) is 0 Å². The van der Waals surface area contributed by atoms with Crippen molar-refractivity contribution in [2.45, 2.75) is 12.8 Å². The lowest BCUT2D eigenvalue weighted by molar-refractivity contribution is 0.985. The highest BCUT2D eigenvalue weighted by molar-refractivity contribution is 7.10. The summed E-state index contributed by atoms with van der Waals surface area (Å²) in [5.74, 6) is 0. The predicted molar refractivity (Wildman–Crippen MR) is 105 cm³/mol. The van der Waals surface area contributed by atoms with E-state index >= 15 is 0 Å². The van der Waals surface area contributed by atoms with E-state index in [0.29, 0.717) is 10.0 Å². The fourth-order valence-electron chi connectivity index (χ4n) is 3.06. The van der Waals surface area contributed by atoms with Gasteiger partial charge in [0.15, 0.2) is 0 Å². The highest BCUT2D eigenvalue weighted by atomic mass is 35.5. The Kier molecular flexibility index (Phi) is 4.35. The van der Waals surface area contributed by atoms with Crippen LogP contribution in [0.25, 0.3) is 11.6 Å². The lowest BCUT2D eigenvalue weighted by Crippen LogP contribution is -1.90. The molecule has 0 atom stereocenters. The molecule has 1 aliphatic carbocycles. The van der Waals surface area contributed by atoms with Crippen LogP contribution in [0.3, 0.4) is 0 Å². The van der Waals surface area contributed by atoms with Gasteiger partial charge in [-0.3, -0.25) is 0 Å². The van der Waals surface area contributed by atoms with Gasteiger partial charge in [-0.2, -0.15) is 0 Å². The Labute approximate surface area is 155 Å². The van der Waals surface area contributed by atoms with E-state index in [1.807, 2.05) is 29.5 Å². The predicted octanol–water partition coefficient (Wildman–Crippen LogP) is 6.90. The van der Waals surface area contributed by atoms with E-state index in [2.05, 4.69) is 41.4 Å². The highest BCUT2D eigenvalue weighted by Gasteiger charge is 2.18. The van der Waals surface area contributed by atoms with Crippen LogP contribution in [0.2, 0.25) is 10.0 Å². The third-order valence-electron chi connectivity index (χ3n) is 4.26. The van der Waals surface area contributed by atoms with E-state index in [9.17, 15) is 0 Å². The van der Waals surface area contributed by atoms with E-state index < -0.39 is 0 Å². The lowest BCUT2D eigenvalue weighted by Gasteiger charge is -2.07. The number of halogens is 2. The molecule has 2 aromatic carbocycles. The normalized spacial score (nSPS) is 12.8. The molecule has 3 heteroatoms. The molecule has 1 aliphatic rings. The Bertz CT molecular complexity index is 975. The van der Waals surface area contributed by atoms with Crippen molar-refractivity contribution < 1.29 is 0 Å². The molecule has 0 saturated heterocycles. The van der Waals surface area contributed by atoms with Crippen molar-refractivity contribution in [1.82, 2.24) is 0 Å². The van der Waals surface area contributed by atoms with E-state index in [0.717, 1.165) is 24.0 Å². The number of aryl methyl sites for hydroxylation is 2. The van der Waals surface area contributed by atoms with Crippen molar-refractivity contribution in [2.24, 2.45) is 0 Å². The number of hydrogen-bond acceptors (Lipinski definition) is 1. The molecule has 0 saturated carbocycles. The summed E-state index contributed by atoms with van der Waals surface area (Å²) in [7, 11) is 0. The zero-order valence-corrected chi connectivity index (χ0v) is 15.2. The Morgan fingerprint density at radius 1 is 0.958 bits per heavy atom. The van der Waals surface area contributed by atoms with Crippen molar-refractivity contribution in [3.63, 3.8) is 0 Å². The molecular formula is C21H14Cl2S. The molecule has 4 rings (SSSR count). The Morgan fingerprint density at radius 3 is 2.71 bits per heavy atom. The average Bonchev–Trinajstić information content (AvgIpc) is 2.99. The van der Waals surface area contributed by atoms with Crippen LogP contribution >= 0.6 is 34.5 Å². The summed E-state index contributed by atoms with van der Waals surface area (Å²) in [4.78, 5) is 1.42. The van der Waals surface area contributed by atoms with E-state index in [1.165, 1.54) is 21.6 Å². The van der Waals surface area contributed by atoms with Crippen molar-refractivity contribution in [2.75, 3.05) is 0 Å². The van der Waals surface area contributed by atoms with Crippen LogP contribution in [0.4, 0.5) is 0 Å². The first-order valence-corrected chi connectivity index (χ1v) is 9.43. The van der Waals surface area contributed by atoms with Gasteiger partial charge >= 0.3 is 0 Å². The number of hydrogen-bond donors (Lipinski definition) is 0. The molecule has 0 radical (unpaired) electrons. The zero-order valence-electron chi connectivity index (χ0n) is 12.9. The SMILES string of the molecule is Clc1ccc(C=C=C2c3ccccc3CCc3sccc32)c(Cl)c1. The second kappa shape index (κ2) is 6.63. The first kappa shape index (κ1) is 15.7. The zero-order chi connectivity index (χ0) is 16.5. The van der Waals surface area contributed by atoms with E-state index in [-0.39, 0.29) is 0 Å². The molecule has 0 nitrogen and oxygen atoms in total. The molecule has 0 unspecified atom stereocenters. The first-order chi connectivity index (χ1) is 11.7. The maximum Gasteiger partial charge on any atom is 0.0499 e. The van der Waals surface area contributed by atoms with Crippen LogP contribution in [-0.4, -0.2) is 0 Å². The molecule has 118 valence electrons. The molecule has 0 spiro atoms. The summed E-state index contributed by atoms with van der Waals surface area (Å²) >= 11 is 14.1. The number of fused-ring (bicyclic) bond motifs is 2. The summed E-state index contributed by atoms with van der Waals surface area (Å²) < 4.78 is 0. The molecular weight excluding hydrogens is 355 g/mol. The lowest BCUT2D eigenvalue weighted by atomic mass is 9.96. The number of thiophene rings is 1. The van der Waals surface area contributed by atoms with Gasteiger partial charge in [0, 0.05) is 31.6 Å². The summed E-state index contributed by atoms with van der Waals surface area (Å²) in [5, 5.41) is 3.45. The van der Waals surface area contributed by atoms with Gasteiger partial charge in [0.25, 0.3) is 0 Å².